The molecule has 0 aliphatic rings. The molecule has 0 fully saturated rings. The molecule has 110 valence electrons. The fourth-order valence-corrected chi connectivity index (χ4v) is 2.88. The average Bonchev–Trinajstić information content (AvgIpc) is 2.47. The van der Waals surface area contributed by atoms with Crippen LogP contribution in [-0.2, 0) is 6.54 Å². The molecule has 0 aliphatic carbocycles. The molecule has 2 rings (SSSR count). The second kappa shape index (κ2) is 7.35. The van der Waals surface area contributed by atoms with Gasteiger partial charge in [-0.2, -0.15) is 0 Å². The maximum atomic E-state index is 12.8. The number of amides is 1. The molecule has 0 saturated carbocycles. The van der Waals surface area contributed by atoms with Crippen molar-refractivity contribution in [2.75, 3.05) is 0 Å². The molecular formula is C16H16BrIN2O. The van der Waals surface area contributed by atoms with Crippen molar-refractivity contribution in [3.63, 3.8) is 0 Å². The average molecular weight is 459 g/mol. The Hall–Kier alpha value is -0.950. The molecule has 0 atom stereocenters. The second-order valence-corrected chi connectivity index (χ2v) is 7.07. The van der Waals surface area contributed by atoms with Gasteiger partial charge in [0.2, 0.25) is 0 Å². The summed E-state index contributed by atoms with van der Waals surface area (Å²) in [5.41, 5.74) is 1.58. The molecular weight excluding hydrogens is 443 g/mol. The van der Waals surface area contributed by atoms with Gasteiger partial charge in [0, 0.05) is 20.3 Å². The maximum absolute atomic E-state index is 12.8. The summed E-state index contributed by atoms with van der Waals surface area (Å²) in [7, 11) is 0. The third-order valence-corrected chi connectivity index (χ3v) is 4.46. The number of pyridine rings is 1. The lowest BCUT2D eigenvalue weighted by atomic mass is 10.1. The van der Waals surface area contributed by atoms with Gasteiger partial charge in [-0.3, -0.25) is 9.78 Å². The molecule has 2 aromatic rings. The van der Waals surface area contributed by atoms with Gasteiger partial charge in [0.25, 0.3) is 5.91 Å². The summed E-state index contributed by atoms with van der Waals surface area (Å²) >= 11 is 5.68. The minimum atomic E-state index is 0.0149. The van der Waals surface area contributed by atoms with E-state index in [1.54, 1.807) is 6.20 Å². The predicted octanol–water partition coefficient (Wildman–Crippen LogP) is 4.50. The van der Waals surface area contributed by atoms with Crippen LogP contribution in [0.4, 0.5) is 0 Å². The van der Waals surface area contributed by atoms with Crippen LogP contribution in [0.1, 0.15) is 29.9 Å². The monoisotopic (exact) mass is 458 g/mol. The Morgan fingerprint density at radius 1 is 1.33 bits per heavy atom. The molecule has 0 aliphatic heterocycles. The van der Waals surface area contributed by atoms with Crippen molar-refractivity contribution in [2.45, 2.75) is 26.4 Å². The lowest BCUT2D eigenvalue weighted by molar-refractivity contribution is 0.0687. The Labute approximate surface area is 147 Å². The van der Waals surface area contributed by atoms with Gasteiger partial charge in [-0.05, 0) is 82.7 Å². The molecule has 1 amide bonds. The molecule has 0 saturated heterocycles. The van der Waals surface area contributed by atoms with E-state index >= 15 is 0 Å². The normalized spacial score (nSPS) is 10.7. The van der Waals surface area contributed by atoms with Crippen LogP contribution in [0.2, 0.25) is 0 Å². The summed E-state index contributed by atoms with van der Waals surface area (Å²) in [5.74, 6) is 0.0149. The van der Waals surface area contributed by atoms with Crippen LogP contribution in [0.3, 0.4) is 0 Å². The lowest BCUT2D eigenvalue weighted by Gasteiger charge is -2.27. The quantitative estimate of drug-likeness (QED) is 0.632. The van der Waals surface area contributed by atoms with Gasteiger partial charge in [0.1, 0.15) is 0 Å². The van der Waals surface area contributed by atoms with Crippen LogP contribution in [0.15, 0.2) is 47.1 Å². The van der Waals surface area contributed by atoms with E-state index in [1.807, 2.05) is 55.1 Å². The number of benzene rings is 1. The van der Waals surface area contributed by atoms with Crippen LogP contribution in [0.25, 0.3) is 0 Å². The van der Waals surface area contributed by atoms with Crippen molar-refractivity contribution in [1.82, 2.24) is 9.88 Å². The van der Waals surface area contributed by atoms with Crippen LogP contribution in [0.5, 0.6) is 0 Å². The fraction of sp³-hybridized carbons (Fsp3) is 0.250. The summed E-state index contributed by atoms with van der Waals surface area (Å²) in [6.45, 7) is 4.54. The van der Waals surface area contributed by atoms with E-state index < -0.39 is 0 Å². The topological polar surface area (TPSA) is 33.2 Å². The molecule has 0 unspecified atom stereocenters. The molecule has 1 heterocycles. The van der Waals surface area contributed by atoms with E-state index in [4.69, 9.17) is 0 Å². The van der Waals surface area contributed by atoms with E-state index in [1.165, 1.54) is 0 Å². The Morgan fingerprint density at radius 2 is 2.10 bits per heavy atom. The SMILES string of the molecule is CC(C)N(Cc1ccccn1)C(=O)c1cc(I)ccc1Br. The van der Waals surface area contributed by atoms with Gasteiger partial charge in [-0.15, -0.1) is 0 Å². The lowest BCUT2D eigenvalue weighted by Crippen LogP contribution is -2.36. The highest BCUT2D eigenvalue weighted by Crippen LogP contribution is 2.22. The molecule has 5 heteroatoms. The standard InChI is InChI=1S/C16H16BrIN2O/c1-11(2)20(10-13-5-3-4-8-19-13)16(21)14-9-12(18)6-7-15(14)17/h3-9,11H,10H2,1-2H3. The van der Waals surface area contributed by atoms with Gasteiger partial charge >= 0.3 is 0 Å². The largest absolute Gasteiger partial charge is 0.330 e. The molecule has 0 N–H and O–H groups in total. The summed E-state index contributed by atoms with van der Waals surface area (Å²) in [6, 6.07) is 11.6. The van der Waals surface area contributed by atoms with Crippen LogP contribution < -0.4 is 0 Å². The Bertz CT molecular complexity index is 631. The molecule has 0 radical (unpaired) electrons. The summed E-state index contributed by atoms with van der Waals surface area (Å²) in [5, 5.41) is 0. The second-order valence-electron chi connectivity index (χ2n) is 4.97. The third-order valence-electron chi connectivity index (χ3n) is 3.10. The zero-order valence-corrected chi connectivity index (χ0v) is 15.6. The number of halogens is 2. The highest BCUT2D eigenvalue weighted by molar-refractivity contribution is 14.1. The minimum absolute atomic E-state index is 0.0149. The van der Waals surface area contributed by atoms with Crippen molar-refractivity contribution < 1.29 is 4.79 Å². The summed E-state index contributed by atoms with van der Waals surface area (Å²) in [6.07, 6.45) is 1.75. The van der Waals surface area contributed by atoms with E-state index in [0.29, 0.717) is 12.1 Å². The zero-order valence-electron chi connectivity index (χ0n) is 11.9. The fourth-order valence-electron chi connectivity index (χ4n) is 1.97. The number of nitrogens with zero attached hydrogens (tertiary/aromatic N) is 2. The van der Waals surface area contributed by atoms with Crippen molar-refractivity contribution in [2.24, 2.45) is 0 Å². The van der Waals surface area contributed by atoms with Crippen LogP contribution in [-0.4, -0.2) is 21.8 Å². The van der Waals surface area contributed by atoms with Gasteiger partial charge in [-0.1, -0.05) is 6.07 Å². The number of rotatable bonds is 4. The number of hydrogen-bond acceptors (Lipinski definition) is 2. The van der Waals surface area contributed by atoms with Crippen molar-refractivity contribution in [3.8, 4) is 0 Å². The first-order chi connectivity index (χ1) is 9.99. The van der Waals surface area contributed by atoms with Crippen molar-refractivity contribution in [1.29, 1.82) is 0 Å². The van der Waals surface area contributed by atoms with Gasteiger partial charge in [-0.25, -0.2) is 0 Å². The predicted molar refractivity (Wildman–Crippen MR) is 96.1 cm³/mol. The summed E-state index contributed by atoms with van der Waals surface area (Å²) < 4.78 is 1.86. The molecule has 3 nitrogen and oxygen atoms in total. The Morgan fingerprint density at radius 3 is 2.71 bits per heavy atom. The molecule has 1 aromatic heterocycles. The summed E-state index contributed by atoms with van der Waals surface area (Å²) in [4.78, 5) is 19.0. The van der Waals surface area contributed by atoms with Gasteiger partial charge in [0.15, 0.2) is 0 Å². The number of carbonyl (C=O) groups excluding carboxylic acids is 1. The number of hydrogen-bond donors (Lipinski definition) is 0. The third kappa shape index (κ3) is 4.26. The van der Waals surface area contributed by atoms with E-state index in [-0.39, 0.29) is 11.9 Å². The van der Waals surface area contributed by atoms with E-state index in [0.717, 1.165) is 13.7 Å². The zero-order chi connectivity index (χ0) is 15.4. The first-order valence-corrected chi connectivity index (χ1v) is 8.52. The Kier molecular flexibility index (Phi) is 5.75. The highest BCUT2D eigenvalue weighted by Gasteiger charge is 2.21. The number of carbonyl (C=O) groups is 1. The molecule has 21 heavy (non-hydrogen) atoms. The van der Waals surface area contributed by atoms with Crippen LogP contribution >= 0.6 is 38.5 Å². The van der Waals surface area contributed by atoms with Gasteiger partial charge in [0.05, 0.1) is 17.8 Å². The van der Waals surface area contributed by atoms with Crippen molar-refractivity contribution in [3.05, 3.63) is 61.9 Å². The molecule has 1 aromatic carbocycles. The number of aromatic nitrogens is 1. The van der Waals surface area contributed by atoms with Crippen LogP contribution in [0, 0.1) is 3.57 Å². The first kappa shape index (κ1) is 16.4. The first-order valence-electron chi connectivity index (χ1n) is 6.65. The van der Waals surface area contributed by atoms with Gasteiger partial charge < -0.3 is 4.90 Å². The van der Waals surface area contributed by atoms with E-state index in [2.05, 4.69) is 43.5 Å². The van der Waals surface area contributed by atoms with E-state index in [9.17, 15) is 4.79 Å². The molecule has 0 spiro atoms. The van der Waals surface area contributed by atoms with Crippen molar-refractivity contribution >= 4 is 44.4 Å². The minimum Gasteiger partial charge on any atom is -0.330 e. The maximum Gasteiger partial charge on any atom is 0.255 e. The highest BCUT2D eigenvalue weighted by atomic mass is 127. The smallest absolute Gasteiger partial charge is 0.255 e. The molecule has 0 bridgehead atoms. The Balaban J connectivity index is 2.30.